The average molecular weight is 307 g/mol. The number of nitrogens with one attached hydrogen (secondary N) is 1. The zero-order valence-corrected chi connectivity index (χ0v) is 12.3. The standard InChI is InChI=1S/C14H17N3O3S/c18-21(19,11-3-4-12-13(7-11)16-9-15-12)17-5-6-20-14(8-17)10-1-2-10/h3-4,7,9-10,14H,1-2,5-6,8H2,(H,15,16). The normalized spacial score (nSPS) is 24.5. The first-order valence-corrected chi connectivity index (χ1v) is 8.63. The molecule has 2 aliphatic rings. The molecule has 2 aromatic rings. The molecule has 1 aromatic carbocycles. The highest BCUT2D eigenvalue weighted by Gasteiger charge is 2.38. The van der Waals surface area contributed by atoms with Gasteiger partial charge in [0.05, 0.1) is 35.0 Å². The molecule has 112 valence electrons. The van der Waals surface area contributed by atoms with E-state index >= 15 is 0 Å². The minimum atomic E-state index is -3.46. The SMILES string of the molecule is O=S(=O)(c1ccc2nc[nH]c2c1)N1CCOC(C2CC2)C1. The van der Waals surface area contributed by atoms with Crippen LogP contribution in [0.15, 0.2) is 29.4 Å². The summed E-state index contributed by atoms with van der Waals surface area (Å²) in [5, 5.41) is 0. The van der Waals surface area contributed by atoms with Gasteiger partial charge in [-0.2, -0.15) is 4.31 Å². The lowest BCUT2D eigenvalue weighted by molar-refractivity contribution is -0.0134. The largest absolute Gasteiger partial charge is 0.375 e. The van der Waals surface area contributed by atoms with E-state index in [4.69, 9.17) is 4.74 Å². The van der Waals surface area contributed by atoms with Gasteiger partial charge >= 0.3 is 0 Å². The van der Waals surface area contributed by atoms with Crippen molar-refractivity contribution in [3.05, 3.63) is 24.5 Å². The van der Waals surface area contributed by atoms with Crippen LogP contribution in [0.3, 0.4) is 0 Å². The molecule has 6 nitrogen and oxygen atoms in total. The van der Waals surface area contributed by atoms with Crippen molar-refractivity contribution in [3.8, 4) is 0 Å². The van der Waals surface area contributed by atoms with Gasteiger partial charge in [0.15, 0.2) is 0 Å². The molecule has 7 heteroatoms. The number of nitrogens with zero attached hydrogens (tertiary/aromatic N) is 2. The Balaban J connectivity index is 1.64. The summed E-state index contributed by atoms with van der Waals surface area (Å²) in [7, 11) is -3.46. The number of hydrogen-bond acceptors (Lipinski definition) is 4. The lowest BCUT2D eigenvalue weighted by Crippen LogP contribution is -2.46. The molecule has 1 N–H and O–H groups in total. The van der Waals surface area contributed by atoms with Gasteiger partial charge in [0.2, 0.25) is 10.0 Å². The van der Waals surface area contributed by atoms with Crippen molar-refractivity contribution >= 4 is 21.1 Å². The van der Waals surface area contributed by atoms with Crippen LogP contribution in [0.2, 0.25) is 0 Å². The summed E-state index contributed by atoms with van der Waals surface area (Å²) >= 11 is 0. The number of benzene rings is 1. The van der Waals surface area contributed by atoms with Crippen molar-refractivity contribution in [1.29, 1.82) is 0 Å². The van der Waals surface area contributed by atoms with Crippen LogP contribution in [0.1, 0.15) is 12.8 Å². The molecule has 2 heterocycles. The van der Waals surface area contributed by atoms with Crippen molar-refractivity contribution in [2.24, 2.45) is 5.92 Å². The molecule has 1 saturated carbocycles. The fourth-order valence-corrected chi connectivity index (χ4v) is 4.31. The van der Waals surface area contributed by atoms with Crippen LogP contribution in [0.25, 0.3) is 11.0 Å². The number of rotatable bonds is 3. The number of fused-ring (bicyclic) bond motifs is 1. The van der Waals surface area contributed by atoms with E-state index in [0.29, 0.717) is 30.5 Å². The number of aromatic amines is 1. The van der Waals surface area contributed by atoms with Gasteiger partial charge in [-0.3, -0.25) is 0 Å². The Labute approximate surface area is 123 Å². The van der Waals surface area contributed by atoms with Gasteiger partial charge in [0, 0.05) is 13.1 Å². The molecule has 1 saturated heterocycles. The predicted octanol–water partition coefficient (Wildman–Crippen LogP) is 1.36. The Hall–Kier alpha value is -1.44. The molecule has 1 unspecified atom stereocenters. The van der Waals surface area contributed by atoms with E-state index in [-0.39, 0.29) is 6.10 Å². The number of ether oxygens (including phenoxy) is 1. The third kappa shape index (κ3) is 2.35. The fraction of sp³-hybridized carbons (Fsp3) is 0.500. The maximum absolute atomic E-state index is 12.8. The van der Waals surface area contributed by atoms with Crippen molar-refractivity contribution in [3.63, 3.8) is 0 Å². The van der Waals surface area contributed by atoms with E-state index in [1.165, 1.54) is 0 Å². The van der Waals surface area contributed by atoms with E-state index in [2.05, 4.69) is 9.97 Å². The molecule has 0 radical (unpaired) electrons. The van der Waals surface area contributed by atoms with Gasteiger partial charge in [0.1, 0.15) is 0 Å². The molecule has 2 fully saturated rings. The van der Waals surface area contributed by atoms with Gasteiger partial charge in [-0.05, 0) is 37.0 Å². The molecule has 1 aromatic heterocycles. The molecule has 0 spiro atoms. The van der Waals surface area contributed by atoms with Crippen LogP contribution in [0.4, 0.5) is 0 Å². The van der Waals surface area contributed by atoms with Crippen LogP contribution >= 0.6 is 0 Å². The molecular formula is C14H17N3O3S. The average Bonchev–Trinajstić information content (AvgIpc) is 3.25. The zero-order valence-electron chi connectivity index (χ0n) is 11.5. The second-order valence-corrected chi connectivity index (χ2v) is 7.63. The zero-order chi connectivity index (χ0) is 14.4. The first-order chi connectivity index (χ1) is 10.1. The van der Waals surface area contributed by atoms with Crippen molar-refractivity contribution in [2.45, 2.75) is 23.8 Å². The molecule has 1 aliphatic heterocycles. The van der Waals surface area contributed by atoms with Crippen LogP contribution in [-0.2, 0) is 14.8 Å². The third-order valence-electron chi connectivity index (χ3n) is 4.23. The molecular weight excluding hydrogens is 290 g/mol. The Morgan fingerprint density at radius 1 is 1.33 bits per heavy atom. The van der Waals surface area contributed by atoms with Crippen molar-refractivity contribution in [1.82, 2.24) is 14.3 Å². The number of imidazole rings is 1. The van der Waals surface area contributed by atoms with E-state index in [1.54, 1.807) is 28.8 Å². The maximum Gasteiger partial charge on any atom is 0.243 e. The Morgan fingerprint density at radius 2 is 2.19 bits per heavy atom. The van der Waals surface area contributed by atoms with E-state index in [9.17, 15) is 8.42 Å². The summed E-state index contributed by atoms with van der Waals surface area (Å²) in [6.45, 7) is 1.37. The number of morpholine rings is 1. The molecule has 0 bridgehead atoms. The quantitative estimate of drug-likeness (QED) is 0.929. The number of sulfonamides is 1. The summed E-state index contributed by atoms with van der Waals surface area (Å²) in [6.07, 6.45) is 3.93. The smallest absolute Gasteiger partial charge is 0.243 e. The van der Waals surface area contributed by atoms with Gasteiger partial charge in [-0.1, -0.05) is 0 Å². The minimum absolute atomic E-state index is 0.0596. The van der Waals surface area contributed by atoms with E-state index in [0.717, 1.165) is 23.9 Å². The van der Waals surface area contributed by atoms with Gasteiger partial charge in [-0.15, -0.1) is 0 Å². The number of aromatic nitrogens is 2. The Bertz CT molecular complexity index is 767. The van der Waals surface area contributed by atoms with E-state index < -0.39 is 10.0 Å². The predicted molar refractivity (Wildman–Crippen MR) is 77.3 cm³/mol. The second-order valence-electron chi connectivity index (χ2n) is 5.69. The van der Waals surface area contributed by atoms with Crippen LogP contribution < -0.4 is 0 Å². The molecule has 1 aliphatic carbocycles. The lowest BCUT2D eigenvalue weighted by atomic mass is 10.2. The lowest BCUT2D eigenvalue weighted by Gasteiger charge is -2.32. The third-order valence-corrected chi connectivity index (χ3v) is 6.09. The van der Waals surface area contributed by atoms with Gasteiger partial charge in [0.25, 0.3) is 0 Å². The fourth-order valence-electron chi connectivity index (χ4n) is 2.85. The van der Waals surface area contributed by atoms with Crippen LogP contribution in [0.5, 0.6) is 0 Å². The van der Waals surface area contributed by atoms with Crippen LogP contribution in [-0.4, -0.2) is 48.5 Å². The minimum Gasteiger partial charge on any atom is -0.375 e. The van der Waals surface area contributed by atoms with Gasteiger partial charge in [-0.25, -0.2) is 13.4 Å². The maximum atomic E-state index is 12.8. The molecule has 4 rings (SSSR count). The van der Waals surface area contributed by atoms with Gasteiger partial charge < -0.3 is 9.72 Å². The molecule has 21 heavy (non-hydrogen) atoms. The highest BCUT2D eigenvalue weighted by Crippen LogP contribution is 2.36. The Kier molecular flexibility index (Phi) is 3.02. The number of H-pyrrole nitrogens is 1. The first-order valence-electron chi connectivity index (χ1n) is 7.19. The highest BCUT2D eigenvalue weighted by atomic mass is 32.2. The highest BCUT2D eigenvalue weighted by molar-refractivity contribution is 7.89. The summed E-state index contributed by atoms with van der Waals surface area (Å²) in [5.41, 5.74) is 1.51. The summed E-state index contributed by atoms with van der Waals surface area (Å²) < 4.78 is 32.8. The second kappa shape index (κ2) is 4.79. The summed E-state index contributed by atoms with van der Waals surface area (Å²) in [4.78, 5) is 7.38. The number of hydrogen-bond donors (Lipinski definition) is 1. The first kappa shape index (κ1) is 13.2. The Morgan fingerprint density at radius 3 is 3.00 bits per heavy atom. The van der Waals surface area contributed by atoms with Crippen molar-refractivity contribution in [2.75, 3.05) is 19.7 Å². The van der Waals surface area contributed by atoms with Crippen LogP contribution in [0, 0.1) is 5.92 Å². The summed E-state index contributed by atoms with van der Waals surface area (Å²) in [6, 6.07) is 5.01. The van der Waals surface area contributed by atoms with Crippen molar-refractivity contribution < 1.29 is 13.2 Å². The molecule has 1 atom stereocenters. The monoisotopic (exact) mass is 307 g/mol. The van der Waals surface area contributed by atoms with E-state index in [1.807, 2.05) is 0 Å². The topological polar surface area (TPSA) is 75.3 Å². The summed E-state index contributed by atoms with van der Waals surface area (Å²) in [5.74, 6) is 0.540. The molecule has 0 amide bonds.